The van der Waals surface area contributed by atoms with Gasteiger partial charge in [0.05, 0.1) is 4.92 Å². The van der Waals surface area contributed by atoms with E-state index in [0.29, 0.717) is 28.0 Å². The van der Waals surface area contributed by atoms with Crippen molar-refractivity contribution in [2.45, 2.75) is 13.3 Å². The van der Waals surface area contributed by atoms with Crippen molar-refractivity contribution in [2.24, 2.45) is 0 Å². The Hall–Kier alpha value is -2.21. The van der Waals surface area contributed by atoms with Gasteiger partial charge in [-0.05, 0) is 46.3 Å². The molecule has 0 N–H and O–H groups in total. The van der Waals surface area contributed by atoms with Crippen LogP contribution >= 0.6 is 15.9 Å². The molecule has 0 aliphatic heterocycles. The van der Waals surface area contributed by atoms with Crippen LogP contribution in [0.2, 0.25) is 0 Å². The van der Waals surface area contributed by atoms with Crippen LogP contribution in [0.1, 0.15) is 23.7 Å². The van der Waals surface area contributed by atoms with E-state index >= 15 is 0 Å². The minimum atomic E-state index is -0.467. The quantitative estimate of drug-likeness (QED) is 0.444. The van der Waals surface area contributed by atoms with E-state index in [4.69, 9.17) is 4.74 Å². The topological polar surface area (TPSA) is 69.4 Å². The molecule has 2 rings (SSSR count). The molecule has 0 saturated heterocycles. The zero-order valence-corrected chi connectivity index (χ0v) is 12.8. The Labute approximate surface area is 129 Å². The van der Waals surface area contributed by atoms with Gasteiger partial charge in [0.25, 0.3) is 5.69 Å². The summed E-state index contributed by atoms with van der Waals surface area (Å²) >= 11 is 3.34. The maximum atomic E-state index is 11.7. The molecule has 0 radical (unpaired) electrons. The number of ketones is 1. The normalized spacial score (nSPS) is 10.2. The lowest BCUT2D eigenvalue weighted by Gasteiger charge is -2.08. The summed E-state index contributed by atoms with van der Waals surface area (Å²) in [7, 11) is 0. The fourth-order valence-electron chi connectivity index (χ4n) is 1.75. The molecule has 0 heterocycles. The number of carbonyl (C=O) groups is 1. The van der Waals surface area contributed by atoms with E-state index in [1.165, 1.54) is 24.3 Å². The maximum Gasteiger partial charge on any atom is 0.269 e. The summed E-state index contributed by atoms with van der Waals surface area (Å²) in [6.07, 6.45) is 0.432. The standard InChI is InChI=1S/C15H12BrNO4/c1-2-15(18)13-8-7-12(9-14(13)16)21-11-5-3-10(4-6-11)17(19)20/h3-9H,2H2,1H3. The first kappa shape index (κ1) is 15.2. The van der Waals surface area contributed by atoms with Gasteiger partial charge in [-0.2, -0.15) is 0 Å². The third-order valence-electron chi connectivity index (χ3n) is 2.85. The summed E-state index contributed by atoms with van der Waals surface area (Å²) in [4.78, 5) is 21.8. The third kappa shape index (κ3) is 3.66. The predicted molar refractivity (Wildman–Crippen MR) is 81.9 cm³/mol. The van der Waals surface area contributed by atoms with Crippen molar-refractivity contribution in [3.63, 3.8) is 0 Å². The molecule has 2 aromatic rings. The molecule has 0 atom stereocenters. The molecule has 5 nitrogen and oxygen atoms in total. The second-order valence-electron chi connectivity index (χ2n) is 4.27. The minimum Gasteiger partial charge on any atom is -0.457 e. The van der Waals surface area contributed by atoms with Crippen LogP contribution in [0.5, 0.6) is 11.5 Å². The molecule has 0 aliphatic rings. The molecular weight excluding hydrogens is 338 g/mol. The van der Waals surface area contributed by atoms with Gasteiger partial charge in [0.2, 0.25) is 0 Å². The van der Waals surface area contributed by atoms with E-state index in [-0.39, 0.29) is 11.5 Å². The van der Waals surface area contributed by atoms with E-state index in [1.807, 2.05) is 0 Å². The van der Waals surface area contributed by atoms with Crippen molar-refractivity contribution in [1.82, 2.24) is 0 Å². The van der Waals surface area contributed by atoms with Crippen LogP contribution in [-0.2, 0) is 0 Å². The molecule has 0 bridgehead atoms. The molecule has 6 heteroatoms. The maximum absolute atomic E-state index is 11.7. The molecule has 0 aliphatic carbocycles. The second-order valence-corrected chi connectivity index (χ2v) is 5.13. The van der Waals surface area contributed by atoms with Crippen LogP contribution in [0.25, 0.3) is 0 Å². The molecule has 0 amide bonds. The minimum absolute atomic E-state index is 0.00687. The van der Waals surface area contributed by atoms with Crippen molar-refractivity contribution in [3.8, 4) is 11.5 Å². The number of ether oxygens (including phenoxy) is 1. The van der Waals surface area contributed by atoms with Crippen LogP contribution in [0.4, 0.5) is 5.69 Å². The first-order chi connectivity index (χ1) is 10.0. The fraction of sp³-hybridized carbons (Fsp3) is 0.133. The number of nitrogens with zero attached hydrogens (tertiary/aromatic N) is 1. The molecule has 0 fully saturated rings. The number of rotatable bonds is 5. The van der Waals surface area contributed by atoms with Gasteiger partial charge in [-0.3, -0.25) is 14.9 Å². The molecule has 0 saturated carbocycles. The van der Waals surface area contributed by atoms with E-state index < -0.39 is 4.92 Å². The second kappa shape index (κ2) is 6.49. The summed E-state index contributed by atoms with van der Waals surface area (Å²) in [5, 5.41) is 10.6. The molecule has 0 spiro atoms. The number of halogens is 1. The average Bonchev–Trinajstić information content (AvgIpc) is 2.47. The number of nitro groups is 1. The smallest absolute Gasteiger partial charge is 0.269 e. The molecule has 2 aromatic carbocycles. The Morgan fingerprint density at radius 1 is 1.19 bits per heavy atom. The van der Waals surface area contributed by atoms with Gasteiger partial charge in [-0.1, -0.05) is 6.92 Å². The highest BCUT2D eigenvalue weighted by Crippen LogP contribution is 2.28. The van der Waals surface area contributed by atoms with Gasteiger partial charge in [0.15, 0.2) is 5.78 Å². The number of benzene rings is 2. The van der Waals surface area contributed by atoms with E-state index in [9.17, 15) is 14.9 Å². The molecule has 21 heavy (non-hydrogen) atoms. The lowest BCUT2D eigenvalue weighted by Crippen LogP contribution is -1.98. The van der Waals surface area contributed by atoms with E-state index in [1.54, 1.807) is 25.1 Å². The Morgan fingerprint density at radius 2 is 1.81 bits per heavy atom. The monoisotopic (exact) mass is 349 g/mol. The summed E-state index contributed by atoms with van der Waals surface area (Å²) in [5.41, 5.74) is 0.612. The summed E-state index contributed by atoms with van der Waals surface area (Å²) in [6, 6.07) is 10.9. The highest BCUT2D eigenvalue weighted by atomic mass is 79.9. The van der Waals surface area contributed by atoms with E-state index in [2.05, 4.69) is 15.9 Å². The largest absolute Gasteiger partial charge is 0.457 e. The van der Waals surface area contributed by atoms with Gasteiger partial charge >= 0.3 is 0 Å². The van der Waals surface area contributed by atoms with Gasteiger partial charge < -0.3 is 4.74 Å². The SMILES string of the molecule is CCC(=O)c1ccc(Oc2ccc([N+](=O)[O-])cc2)cc1Br. The number of Topliss-reactive ketones (excluding diaryl/α,β-unsaturated/α-hetero) is 1. The number of nitro benzene ring substituents is 1. The van der Waals surface area contributed by atoms with Crippen LogP contribution < -0.4 is 4.74 Å². The zero-order chi connectivity index (χ0) is 15.4. The number of non-ortho nitro benzene ring substituents is 1. The number of hydrogen-bond acceptors (Lipinski definition) is 4. The third-order valence-corrected chi connectivity index (χ3v) is 3.50. The Morgan fingerprint density at radius 3 is 2.33 bits per heavy atom. The molecular formula is C15H12BrNO4. The Bertz CT molecular complexity index is 683. The van der Waals surface area contributed by atoms with Crippen molar-refractivity contribution in [2.75, 3.05) is 0 Å². The van der Waals surface area contributed by atoms with Crippen molar-refractivity contribution < 1.29 is 14.5 Å². The Kier molecular flexibility index (Phi) is 4.70. The van der Waals surface area contributed by atoms with Crippen molar-refractivity contribution in [1.29, 1.82) is 0 Å². The highest BCUT2D eigenvalue weighted by Gasteiger charge is 2.10. The molecule has 0 aromatic heterocycles. The van der Waals surface area contributed by atoms with Crippen LogP contribution in [-0.4, -0.2) is 10.7 Å². The van der Waals surface area contributed by atoms with Crippen LogP contribution in [0, 0.1) is 10.1 Å². The summed E-state index contributed by atoms with van der Waals surface area (Å²) in [6.45, 7) is 1.80. The highest BCUT2D eigenvalue weighted by molar-refractivity contribution is 9.10. The molecule has 0 unspecified atom stereocenters. The lowest BCUT2D eigenvalue weighted by molar-refractivity contribution is -0.384. The first-order valence-corrected chi connectivity index (χ1v) is 7.05. The fourth-order valence-corrected chi connectivity index (χ4v) is 2.33. The van der Waals surface area contributed by atoms with Crippen molar-refractivity contribution in [3.05, 3.63) is 62.6 Å². The van der Waals surface area contributed by atoms with E-state index in [0.717, 1.165) is 0 Å². The lowest BCUT2D eigenvalue weighted by atomic mass is 10.1. The van der Waals surface area contributed by atoms with Crippen LogP contribution in [0.15, 0.2) is 46.9 Å². The number of carbonyl (C=O) groups excluding carboxylic acids is 1. The van der Waals surface area contributed by atoms with Gasteiger partial charge in [0.1, 0.15) is 11.5 Å². The number of hydrogen-bond donors (Lipinski definition) is 0. The Balaban J connectivity index is 2.18. The van der Waals surface area contributed by atoms with Crippen molar-refractivity contribution >= 4 is 27.4 Å². The predicted octanol–water partition coefficient (Wildman–Crippen LogP) is 4.74. The average molecular weight is 350 g/mol. The molecule has 108 valence electrons. The zero-order valence-electron chi connectivity index (χ0n) is 11.2. The van der Waals surface area contributed by atoms with Gasteiger partial charge in [0, 0.05) is 28.6 Å². The summed E-state index contributed by atoms with van der Waals surface area (Å²) < 4.78 is 6.26. The van der Waals surface area contributed by atoms with Crippen LogP contribution in [0.3, 0.4) is 0 Å². The van der Waals surface area contributed by atoms with Gasteiger partial charge in [-0.25, -0.2) is 0 Å². The van der Waals surface area contributed by atoms with Gasteiger partial charge in [-0.15, -0.1) is 0 Å². The summed E-state index contributed by atoms with van der Waals surface area (Å²) in [5.74, 6) is 1.08. The first-order valence-electron chi connectivity index (χ1n) is 6.26.